The van der Waals surface area contributed by atoms with Crippen LogP contribution in [0, 0.1) is 0 Å². The first-order chi connectivity index (χ1) is 22.3. The largest absolute Gasteiger partial charge is 0.394 e. The van der Waals surface area contributed by atoms with Crippen LogP contribution in [0.4, 0.5) is 0 Å². The minimum absolute atomic E-state index is 0.133. The Labute approximate surface area is 282 Å². The zero-order valence-electron chi connectivity index (χ0n) is 30.7. The zero-order chi connectivity index (χ0) is 32.7. The van der Waals surface area contributed by atoms with E-state index in [0.717, 1.165) is 26.1 Å². The van der Waals surface area contributed by atoms with Gasteiger partial charge in [0.05, 0.1) is 38.6 Å². The summed E-state index contributed by atoms with van der Waals surface area (Å²) in [5, 5.41) is 17.6. The molecule has 0 aromatic rings. The van der Waals surface area contributed by atoms with Gasteiger partial charge in [0.1, 0.15) is 0 Å². The molecule has 5 heteroatoms. The van der Waals surface area contributed by atoms with Gasteiger partial charge in [-0.25, -0.2) is 0 Å². The van der Waals surface area contributed by atoms with Crippen LogP contribution in [0.1, 0.15) is 206 Å². The van der Waals surface area contributed by atoms with Crippen LogP contribution in [0.15, 0.2) is 0 Å². The van der Waals surface area contributed by atoms with E-state index >= 15 is 0 Å². The Morgan fingerprint density at radius 3 is 0.889 bits per heavy atom. The average molecular weight is 643 g/mol. The fourth-order valence-electron chi connectivity index (χ4n) is 6.39. The van der Waals surface area contributed by atoms with Gasteiger partial charge in [-0.3, -0.25) is 0 Å². The fourth-order valence-corrected chi connectivity index (χ4v) is 6.39. The van der Waals surface area contributed by atoms with Gasteiger partial charge in [-0.1, -0.05) is 168 Å². The molecule has 0 fully saturated rings. The lowest BCUT2D eigenvalue weighted by Gasteiger charge is -2.26. The predicted octanol–water partition coefficient (Wildman–Crippen LogP) is 11.5. The summed E-state index contributed by atoms with van der Waals surface area (Å²) in [5.41, 5.74) is 0. The number of aliphatic hydroxyl groups excluding tert-OH is 2. The zero-order valence-corrected chi connectivity index (χ0v) is 30.7. The molecule has 0 aromatic carbocycles. The van der Waals surface area contributed by atoms with Gasteiger partial charge < -0.3 is 24.4 Å². The minimum Gasteiger partial charge on any atom is -0.394 e. The van der Waals surface area contributed by atoms with E-state index in [0.29, 0.717) is 25.4 Å². The van der Waals surface area contributed by atoms with Crippen LogP contribution in [-0.4, -0.2) is 62.1 Å². The number of hydrogen-bond acceptors (Lipinski definition) is 5. The van der Waals surface area contributed by atoms with Gasteiger partial charge in [0.25, 0.3) is 0 Å². The first kappa shape index (κ1) is 44.8. The van der Waals surface area contributed by atoms with E-state index in [2.05, 4.69) is 13.8 Å². The van der Waals surface area contributed by atoms with Gasteiger partial charge in [-0.15, -0.1) is 0 Å². The highest BCUT2D eigenvalue weighted by Crippen LogP contribution is 2.23. The SMILES string of the molecule is CCCCCCCCC(CCCCCCCCCOCCO)OC(CCCCCCCC)CCCCCCCCCOCCO. The molecule has 5 nitrogen and oxygen atoms in total. The molecule has 45 heavy (non-hydrogen) atoms. The maximum Gasteiger partial charge on any atom is 0.0697 e. The van der Waals surface area contributed by atoms with E-state index in [1.165, 1.54) is 180 Å². The van der Waals surface area contributed by atoms with Gasteiger partial charge in [-0.05, 0) is 38.5 Å². The van der Waals surface area contributed by atoms with Crippen molar-refractivity contribution in [2.75, 3.05) is 39.6 Å². The van der Waals surface area contributed by atoms with Gasteiger partial charge in [-0.2, -0.15) is 0 Å². The van der Waals surface area contributed by atoms with Crippen molar-refractivity contribution in [2.24, 2.45) is 0 Å². The first-order valence-corrected chi connectivity index (χ1v) is 20.3. The molecule has 2 atom stereocenters. The highest BCUT2D eigenvalue weighted by Gasteiger charge is 2.17. The maximum absolute atomic E-state index is 8.81. The number of unbranched alkanes of at least 4 members (excludes halogenated alkanes) is 22. The summed E-state index contributed by atoms with van der Waals surface area (Å²) in [5.74, 6) is 0. The average Bonchev–Trinajstić information content (AvgIpc) is 3.05. The molecule has 0 saturated heterocycles. The normalized spacial score (nSPS) is 13.1. The van der Waals surface area contributed by atoms with Crippen molar-refractivity contribution in [3.05, 3.63) is 0 Å². The van der Waals surface area contributed by atoms with Crippen LogP contribution in [0.25, 0.3) is 0 Å². The molecule has 2 unspecified atom stereocenters. The Morgan fingerprint density at radius 2 is 0.600 bits per heavy atom. The third kappa shape index (κ3) is 36.5. The summed E-state index contributed by atoms with van der Waals surface area (Å²) in [6.07, 6.45) is 40.3. The van der Waals surface area contributed by atoms with Crippen LogP contribution in [0.2, 0.25) is 0 Å². The number of rotatable bonds is 40. The second-order valence-electron chi connectivity index (χ2n) is 13.7. The molecule has 272 valence electrons. The van der Waals surface area contributed by atoms with Crippen molar-refractivity contribution in [2.45, 2.75) is 219 Å². The minimum atomic E-state index is 0.133. The molecular weight excluding hydrogens is 560 g/mol. The van der Waals surface area contributed by atoms with Crippen molar-refractivity contribution in [1.29, 1.82) is 0 Å². The summed E-state index contributed by atoms with van der Waals surface area (Å²) < 4.78 is 17.8. The highest BCUT2D eigenvalue weighted by molar-refractivity contribution is 4.67. The van der Waals surface area contributed by atoms with E-state index in [4.69, 9.17) is 24.4 Å². The smallest absolute Gasteiger partial charge is 0.0697 e. The molecule has 0 saturated carbocycles. The Bertz CT molecular complexity index is 473. The second kappa shape index (κ2) is 40.0. The first-order valence-electron chi connectivity index (χ1n) is 20.3. The Hall–Kier alpha value is -0.200. The topological polar surface area (TPSA) is 68.2 Å². The highest BCUT2D eigenvalue weighted by atomic mass is 16.5. The van der Waals surface area contributed by atoms with Crippen molar-refractivity contribution in [1.82, 2.24) is 0 Å². The van der Waals surface area contributed by atoms with Crippen LogP contribution >= 0.6 is 0 Å². The lowest BCUT2D eigenvalue weighted by atomic mass is 9.99. The van der Waals surface area contributed by atoms with Crippen LogP contribution in [0.5, 0.6) is 0 Å². The van der Waals surface area contributed by atoms with Gasteiger partial charge in [0, 0.05) is 13.2 Å². The molecule has 0 amide bonds. The number of hydrogen-bond donors (Lipinski definition) is 2. The van der Waals surface area contributed by atoms with Gasteiger partial charge in [0.2, 0.25) is 0 Å². The molecule has 0 spiro atoms. The molecule has 0 radical (unpaired) electrons. The van der Waals surface area contributed by atoms with E-state index in [-0.39, 0.29) is 13.2 Å². The fraction of sp³-hybridized carbons (Fsp3) is 1.00. The van der Waals surface area contributed by atoms with Crippen molar-refractivity contribution < 1.29 is 24.4 Å². The molecule has 0 aromatic heterocycles. The third-order valence-corrected chi connectivity index (χ3v) is 9.25. The second-order valence-corrected chi connectivity index (χ2v) is 13.7. The molecule has 0 rings (SSSR count). The Balaban J connectivity index is 4.56. The standard InChI is InChI=1S/C40H82O5/c1-3-5-7-9-17-23-29-39(31-25-19-13-11-15-21-27-35-43-37-33-41)45-40(30-24-18-10-8-6-4-2)32-26-20-14-12-16-22-28-36-44-38-34-42/h39-42H,3-38H2,1-2H3. The van der Waals surface area contributed by atoms with Crippen molar-refractivity contribution in [3.8, 4) is 0 Å². The summed E-state index contributed by atoms with van der Waals surface area (Å²) >= 11 is 0. The Kier molecular flexibility index (Phi) is 39.8. The lowest BCUT2D eigenvalue weighted by Crippen LogP contribution is -2.23. The summed E-state index contributed by atoms with van der Waals surface area (Å²) in [6.45, 7) is 7.42. The maximum atomic E-state index is 8.81. The van der Waals surface area contributed by atoms with Crippen molar-refractivity contribution in [3.63, 3.8) is 0 Å². The van der Waals surface area contributed by atoms with E-state index in [1.807, 2.05) is 0 Å². The number of ether oxygens (including phenoxy) is 3. The van der Waals surface area contributed by atoms with Crippen LogP contribution in [0.3, 0.4) is 0 Å². The van der Waals surface area contributed by atoms with Crippen LogP contribution < -0.4 is 0 Å². The van der Waals surface area contributed by atoms with E-state index in [1.54, 1.807) is 0 Å². The molecule has 2 N–H and O–H groups in total. The molecule has 0 bridgehead atoms. The Morgan fingerprint density at radius 1 is 0.333 bits per heavy atom. The molecule has 0 aliphatic rings. The monoisotopic (exact) mass is 643 g/mol. The van der Waals surface area contributed by atoms with Crippen molar-refractivity contribution >= 4 is 0 Å². The molecular formula is C40H82O5. The van der Waals surface area contributed by atoms with E-state index < -0.39 is 0 Å². The predicted molar refractivity (Wildman–Crippen MR) is 194 cm³/mol. The van der Waals surface area contributed by atoms with Gasteiger partial charge >= 0.3 is 0 Å². The summed E-state index contributed by atoms with van der Waals surface area (Å²) in [6, 6.07) is 0. The lowest BCUT2D eigenvalue weighted by molar-refractivity contribution is -0.0324. The number of aliphatic hydroxyl groups is 2. The molecule has 0 heterocycles. The van der Waals surface area contributed by atoms with Crippen LogP contribution in [-0.2, 0) is 14.2 Å². The quantitative estimate of drug-likeness (QED) is 0.0651. The molecule has 0 aliphatic carbocycles. The molecule has 0 aliphatic heterocycles. The van der Waals surface area contributed by atoms with E-state index in [9.17, 15) is 0 Å². The van der Waals surface area contributed by atoms with Gasteiger partial charge in [0.15, 0.2) is 0 Å². The summed E-state index contributed by atoms with van der Waals surface area (Å²) in [4.78, 5) is 0. The summed E-state index contributed by atoms with van der Waals surface area (Å²) in [7, 11) is 0. The third-order valence-electron chi connectivity index (χ3n) is 9.25.